The molecular weight excluding hydrogens is 230 g/mol. The Morgan fingerprint density at radius 2 is 2.12 bits per heavy atom. The van der Waals surface area contributed by atoms with Gasteiger partial charge in [0.2, 0.25) is 0 Å². The second kappa shape index (κ2) is 4.24. The van der Waals surface area contributed by atoms with E-state index in [9.17, 15) is 5.11 Å². The first kappa shape index (κ1) is 10.9. The molecule has 0 saturated carbocycles. The van der Waals surface area contributed by atoms with Gasteiger partial charge in [0.25, 0.3) is 0 Å². The molecule has 0 unspecified atom stereocenters. The summed E-state index contributed by atoms with van der Waals surface area (Å²) >= 11 is 1.93. The molecule has 0 radical (unpaired) electrons. The quantitative estimate of drug-likeness (QED) is 0.879. The second-order valence-corrected chi connectivity index (χ2v) is 5.43. The van der Waals surface area contributed by atoms with E-state index in [0.29, 0.717) is 5.37 Å². The number of fused-ring (bicyclic) bond motifs is 1. The number of aromatic nitrogens is 1. The standard InChI is InChI=1S/C14H15NOS/c1-10-7-12(8-16)13-9-17-14(15(10)13)11-5-3-2-4-6-11/h2-7,14,16H,8-9H2,1H3/t14-/m0/s1. The average molecular weight is 245 g/mol. The topological polar surface area (TPSA) is 25.2 Å². The molecule has 1 N–H and O–H groups in total. The smallest absolute Gasteiger partial charge is 0.105 e. The van der Waals surface area contributed by atoms with Crippen LogP contribution < -0.4 is 0 Å². The Labute approximate surface area is 105 Å². The largest absolute Gasteiger partial charge is 0.392 e. The highest BCUT2D eigenvalue weighted by atomic mass is 32.2. The summed E-state index contributed by atoms with van der Waals surface area (Å²) < 4.78 is 2.35. The Balaban J connectivity index is 2.07. The van der Waals surface area contributed by atoms with Crippen LogP contribution in [0.25, 0.3) is 0 Å². The van der Waals surface area contributed by atoms with Gasteiger partial charge in [0.05, 0.1) is 6.61 Å². The van der Waals surface area contributed by atoms with Crippen LogP contribution >= 0.6 is 11.8 Å². The second-order valence-electron chi connectivity index (χ2n) is 4.36. The van der Waals surface area contributed by atoms with Gasteiger partial charge >= 0.3 is 0 Å². The van der Waals surface area contributed by atoms with E-state index in [0.717, 1.165) is 11.3 Å². The third-order valence-corrected chi connectivity index (χ3v) is 4.53. The predicted octanol–water partition coefficient (Wildman–Crippen LogP) is 3.08. The fourth-order valence-corrected chi connectivity index (χ4v) is 3.93. The van der Waals surface area contributed by atoms with E-state index in [1.165, 1.54) is 17.0 Å². The number of benzene rings is 1. The molecule has 1 atom stereocenters. The van der Waals surface area contributed by atoms with Gasteiger partial charge in [-0.05, 0) is 24.1 Å². The van der Waals surface area contributed by atoms with Crippen LogP contribution in [0.2, 0.25) is 0 Å². The van der Waals surface area contributed by atoms with Crippen molar-refractivity contribution >= 4 is 11.8 Å². The summed E-state index contributed by atoms with van der Waals surface area (Å²) in [4.78, 5) is 0. The van der Waals surface area contributed by atoms with Crippen molar-refractivity contribution in [3.05, 3.63) is 58.9 Å². The van der Waals surface area contributed by atoms with Gasteiger partial charge in [-0.15, -0.1) is 11.8 Å². The Bertz CT molecular complexity index is 533. The number of aliphatic hydroxyl groups excluding tert-OH is 1. The molecule has 2 aromatic rings. The number of rotatable bonds is 2. The molecule has 17 heavy (non-hydrogen) atoms. The minimum Gasteiger partial charge on any atom is -0.392 e. The zero-order valence-electron chi connectivity index (χ0n) is 9.76. The Hall–Kier alpha value is -1.19. The Morgan fingerprint density at radius 1 is 1.35 bits per heavy atom. The molecule has 0 spiro atoms. The highest BCUT2D eigenvalue weighted by molar-refractivity contribution is 7.99. The zero-order valence-corrected chi connectivity index (χ0v) is 10.6. The SMILES string of the molecule is Cc1cc(CO)c2n1[C@H](c1ccccc1)SC2. The molecular formula is C14H15NOS. The van der Waals surface area contributed by atoms with Crippen molar-refractivity contribution in [3.8, 4) is 0 Å². The molecule has 3 rings (SSSR count). The Kier molecular flexibility index (Phi) is 2.73. The van der Waals surface area contributed by atoms with E-state index in [-0.39, 0.29) is 6.61 Å². The van der Waals surface area contributed by atoms with Crippen molar-refractivity contribution in [3.63, 3.8) is 0 Å². The molecule has 2 nitrogen and oxygen atoms in total. The van der Waals surface area contributed by atoms with Gasteiger partial charge in [0, 0.05) is 17.1 Å². The van der Waals surface area contributed by atoms with E-state index < -0.39 is 0 Å². The minimum absolute atomic E-state index is 0.144. The highest BCUT2D eigenvalue weighted by Crippen LogP contribution is 2.43. The van der Waals surface area contributed by atoms with Gasteiger partial charge in [0.1, 0.15) is 5.37 Å². The third-order valence-electron chi connectivity index (χ3n) is 3.29. The van der Waals surface area contributed by atoms with Crippen molar-refractivity contribution in [2.45, 2.75) is 24.7 Å². The molecule has 1 aromatic carbocycles. The predicted molar refractivity (Wildman–Crippen MR) is 71.0 cm³/mol. The number of hydrogen-bond acceptors (Lipinski definition) is 2. The number of thioether (sulfide) groups is 1. The molecule has 1 aliphatic rings. The molecule has 88 valence electrons. The Morgan fingerprint density at radius 3 is 2.82 bits per heavy atom. The highest BCUT2D eigenvalue weighted by Gasteiger charge is 2.27. The first-order valence-electron chi connectivity index (χ1n) is 5.78. The summed E-state index contributed by atoms with van der Waals surface area (Å²) in [6, 6.07) is 12.7. The van der Waals surface area contributed by atoms with Gasteiger partial charge in [0.15, 0.2) is 0 Å². The van der Waals surface area contributed by atoms with Gasteiger partial charge in [-0.2, -0.15) is 0 Å². The molecule has 0 fully saturated rings. The van der Waals surface area contributed by atoms with Crippen LogP contribution in [-0.2, 0) is 12.4 Å². The fraction of sp³-hybridized carbons (Fsp3) is 0.286. The minimum atomic E-state index is 0.144. The maximum absolute atomic E-state index is 9.35. The van der Waals surface area contributed by atoms with E-state index in [2.05, 4.69) is 41.8 Å². The van der Waals surface area contributed by atoms with Crippen molar-refractivity contribution in [2.75, 3.05) is 0 Å². The van der Waals surface area contributed by atoms with E-state index in [1.54, 1.807) is 0 Å². The van der Waals surface area contributed by atoms with E-state index in [4.69, 9.17) is 0 Å². The summed E-state index contributed by atoms with van der Waals surface area (Å²) in [5, 5.41) is 9.72. The van der Waals surface area contributed by atoms with Crippen LogP contribution in [0.4, 0.5) is 0 Å². The van der Waals surface area contributed by atoms with Gasteiger partial charge < -0.3 is 9.67 Å². The molecule has 3 heteroatoms. The lowest BCUT2D eigenvalue weighted by molar-refractivity contribution is 0.281. The molecule has 2 heterocycles. The van der Waals surface area contributed by atoms with Crippen LogP contribution in [-0.4, -0.2) is 9.67 Å². The van der Waals surface area contributed by atoms with Crippen LogP contribution in [0.15, 0.2) is 36.4 Å². The third kappa shape index (κ3) is 1.70. The fourth-order valence-electron chi connectivity index (χ4n) is 2.49. The summed E-state index contributed by atoms with van der Waals surface area (Å²) in [6.45, 7) is 2.26. The lowest BCUT2D eigenvalue weighted by Crippen LogP contribution is -2.04. The zero-order chi connectivity index (χ0) is 11.8. The maximum Gasteiger partial charge on any atom is 0.105 e. The lowest BCUT2D eigenvalue weighted by Gasteiger charge is -2.15. The van der Waals surface area contributed by atoms with E-state index in [1.807, 2.05) is 17.8 Å². The molecule has 0 amide bonds. The number of hydrogen-bond donors (Lipinski definition) is 1. The van der Waals surface area contributed by atoms with Gasteiger partial charge in [-0.25, -0.2) is 0 Å². The molecule has 1 aromatic heterocycles. The van der Waals surface area contributed by atoms with Crippen LogP contribution in [0.5, 0.6) is 0 Å². The monoisotopic (exact) mass is 245 g/mol. The number of aliphatic hydroxyl groups is 1. The summed E-state index contributed by atoms with van der Waals surface area (Å²) in [7, 11) is 0. The number of nitrogens with zero attached hydrogens (tertiary/aromatic N) is 1. The van der Waals surface area contributed by atoms with E-state index >= 15 is 0 Å². The van der Waals surface area contributed by atoms with Crippen molar-refractivity contribution in [2.24, 2.45) is 0 Å². The molecule has 0 saturated heterocycles. The summed E-state index contributed by atoms with van der Waals surface area (Å²) in [5.74, 6) is 0.989. The van der Waals surface area contributed by atoms with Crippen molar-refractivity contribution in [1.82, 2.24) is 4.57 Å². The summed E-state index contributed by atoms with van der Waals surface area (Å²) in [6.07, 6.45) is 0. The van der Waals surface area contributed by atoms with Gasteiger partial charge in [-0.1, -0.05) is 30.3 Å². The summed E-state index contributed by atoms with van der Waals surface area (Å²) in [5.41, 5.74) is 4.93. The van der Waals surface area contributed by atoms with Gasteiger partial charge in [-0.3, -0.25) is 0 Å². The first-order chi connectivity index (χ1) is 8.31. The maximum atomic E-state index is 9.35. The normalized spacial score (nSPS) is 18.4. The van der Waals surface area contributed by atoms with Crippen molar-refractivity contribution in [1.29, 1.82) is 0 Å². The van der Waals surface area contributed by atoms with Crippen LogP contribution in [0.3, 0.4) is 0 Å². The first-order valence-corrected chi connectivity index (χ1v) is 6.83. The molecule has 0 aliphatic carbocycles. The lowest BCUT2D eigenvalue weighted by atomic mass is 10.2. The van der Waals surface area contributed by atoms with Crippen LogP contribution in [0, 0.1) is 6.92 Å². The van der Waals surface area contributed by atoms with Crippen molar-refractivity contribution < 1.29 is 5.11 Å². The number of aryl methyl sites for hydroxylation is 1. The average Bonchev–Trinajstić information content (AvgIpc) is 2.92. The van der Waals surface area contributed by atoms with Crippen LogP contribution in [0.1, 0.15) is 27.9 Å². The molecule has 1 aliphatic heterocycles. The molecule has 0 bridgehead atoms.